The van der Waals surface area contributed by atoms with Crippen molar-refractivity contribution in [2.45, 2.75) is 13.3 Å². The lowest BCUT2D eigenvalue weighted by Crippen LogP contribution is -2.26. The SMILES string of the molecule is COc1ccc2c(CCNC(=O)c3nnn(-c4ccccc4)c3C)c[nH]c2c1. The molecule has 0 radical (unpaired) electrons. The normalized spacial score (nSPS) is 10.9. The van der Waals surface area contributed by atoms with Crippen LogP contribution >= 0.6 is 0 Å². The molecule has 0 saturated heterocycles. The van der Waals surface area contributed by atoms with Gasteiger partial charge in [-0.3, -0.25) is 4.79 Å². The third-order valence-electron chi connectivity index (χ3n) is 4.76. The van der Waals surface area contributed by atoms with Crippen molar-refractivity contribution in [3.8, 4) is 11.4 Å². The van der Waals surface area contributed by atoms with E-state index in [2.05, 4.69) is 20.6 Å². The zero-order chi connectivity index (χ0) is 19.5. The number of H-pyrrole nitrogens is 1. The van der Waals surface area contributed by atoms with E-state index in [9.17, 15) is 4.79 Å². The number of para-hydroxylation sites is 1. The van der Waals surface area contributed by atoms with Crippen molar-refractivity contribution in [1.82, 2.24) is 25.3 Å². The van der Waals surface area contributed by atoms with Gasteiger partial charge in [-0.05, 0) is 43.2 Å². The van der Waals surface area contributed by atoms with Gasteiger partial charge in [0.1, 0.15) is 5.75 Å². The van der Waals surface area contributed by atoms with Crippen molar-refractivity contribution in [3.63, 3.8) is 0 Å². The molecule has 0 aliphatic heterocycles. The molecule has 2 heterocycles. The average Bonchev–Trinajstić information content (AvgIpc) is 3.31. The molecule has 0 spiro atoms. The summed E-state index contributed by atoms with van der Waals surface area (Å²) in [6.07, 6.45) is 2.68. The van der Waals surface area contributed by atoms with Crippen molar-refractivity contribution in [3.05, 3.63) is 71.7 Å². The van der Waals surface area contributed by atoms with E-state index in [1.54, 1.807) is 11.8 Å². The maximum atomic E-state index is 12.5. The molecule has 0 aliphatic rings. The van der Waals surface area contributed by atoms with E-state index in [0.29, 0.717) is 24.4 Å². The van der Waals surface area contributed by atoms with Crippen LogP contribution in [0, 0.1) is 6.92 Å². The number of hydrogen-bond donors (Lipinski definition) is 2. The van der Waals surface area contributed by atoms with Crippen LogP contribution < -0.4 is 10.1 Å². The molecule has 0 atom stereocenters. The largest absolute Gasteiger partial charge is 0.497 e. The van der Waals surface area contributed by atoms with Crippen LogP contribution in [0.5, 0.6) is 5.75 Å². The summed E-state index contributed by atoms with van der Waals surface area (Å²) in [4.78, 5) is 15.8. The van der Waals surface area contributed by atoms with E-state index in [-0.39, 0.29) is 5.91 Å². The van der Waals surface area contributed by atoms with E-state index in [4.69, 9.17) is 4.74 Å². The van der Waals surface area contributed by atoms with E-state index < -0.39 is 0 Å². The Morgan fingerprint density at radius 3 is 2.82 bits per heavy atom. The van der Waals surface area contributed by atoms with Crippen LogP contribution in [0.3, 0.4) is 0 Å². The summed E-state index contributed by atoms with van der Waals surface area (Å²) >= 11 is 0. The Morgan fingerprint density at radius 2 is 2.04 bits per heavy atom. The second kappa shape index (κ2) is 7.56. The summed E-state index contributed by atoms with van der Waals surface area (Å²) in [5.74, 6) is 0.590. The van der Waals surface area contributed by atoms with Crippen LogP contribution in [0.25, 0.3) is 16.6 Å². The number of rotatable bonds is 6. The summed E-state index contributed by atoms with van der Waals surface area (Å²) in [5, 5.41) is 12.2. The number of nitrogens with zero attached hydrogens (tertiary/aromatic N) is 3. The van der Waals surface area contributed by atoms with Crippen LogP contribution in [-0.2, 0) is 6.42 Å². The maximum Gasteiger partial charge on any atom is 0.273 e. The molecule has 0 bridgehead atoms. The molecule has 4 rings (SSSR count). The molecule has 2 aromatic heterocycles. The number of benzene rings is 2. The van der Waals surface area contributed by atoms with Gasteiger partial charge in [-0.15, -0.1) is 5.10 Å². The molecule has 0 unspecified atom stereocenters. The van der Waals surface area contributed by atoms with Gasteiger partial charge in [0.05, 0.1) is 18.5 Å². The minimum Gasteiger partial charge on any atom is -0.497 e. The van der Waals surface area contributed by atoms with E-state index in [1.165, 1.54) is 0 Å². The van der Waals surface area contributed by atoms with Gasteiger partial charge in [0.2, 0.25) is 0 Å². The van der Waals surface area contributed by atoms with Gasteiger partial charge < -0.3 is 15.0 Å². The smallest absolute Gasteiger partial charge is 0.273 e. The number of aromatic nitrogens is 4. The van der Waals surface area contributed by atoms with E-state index >= 15 is 0 Å². The lowest BCUT2D eigenvalue weighted by Gasteiger charge is -2.05. The molecule has 0 aliphatic carbocycles. The Kier molecular flexibility index (Phi) is 4.80. The first-order valence-electron chi connectivity index (χ1n) is 9.07. The molecular weight excluding hydrogens is 354 g/mol. The van der Waals surface area contributed by atoms with Crippen LogP contribution in [0.2, 0.25) is 0 Å². The number of aromatic amines is 1. The molecule has 7 nitrogen and oxygen atoms in total. The number of hydrogen-bond acceptors (Lipinski definition) is 4. The van der Waals surface area contributed by atoms with Gasteiger partial charge in [-0.25, -0.2) is 4.68 Å². The van der Waals surface area contributed by atoms with Gasteiger partial charge in [0.25, 0.3) is 5.91 Å². The molecule has 1 amide bonds. The second-order valence-electron chi connectivity index (χ2n) is 6.50. The Morgan fingerprint density at radius 1 is 1.21 bits per heavy atom. The standard InChI is InChI=1S/C21H21N5O2/c1-14-20(24-25-26(14)16-6-4-3-5-7-16)21(27)22-11-10-15-13-23-19-12-17(28-2)8-9-18(15)19/h3-9,12-13,23H,10-11H2,1-2H3,(H,22,27). The zero-order valence-electron chi connectivity index (χ0n) is 15.8. The van der Waals surface area contributed by atoms with E-state index in [1.807, 2.05) is 61.7 Å². The molecule has 2 N–H and O–H groups in total. The van der Waals surface area contributed by atoms with Crippen molar-refractivity contribution in [2.24, 2.45) is 0 Å². The molecular formula is C21H21N5O2. The van der Waals surface area contributed by atoms with Crippen molar-refractivity contribution < 1.29 is 9.53 Å². The minimum atomic E-state index is -0.221. The number of carbonyl (C=O) groups excluding carboxylic acids is 1. The Bertz CT molecular complexity index is 1110. The molecule has 0 fully saturated rings. The first-order chi connectivity index (χ1) is 13.7. The molecule has 2 aromatic carbocycles. The Balaban J connectivity index is 1.42. The number of nitrogens with one attached hydrogen (secondary N) is 2. The average molecular weight is 375 g/mol. The summed E-state index contributed by atoms with van der Waals surface area (Å²) in [5.41, 5.74) is 4.08. The van der Waals surface area contributed by atoms with Gasteiger partial charge in [0.15, 0.2) is 5.69 Å². The first kappa shape index (κ1) is 17.8. The quantitative estimate of drug-likeness (QED) is 0.542. The second-order valence-corrected chi connectivity index (χ2v) is 6.50. The molecule has 7 heteroatoms. The molecule has 0 saturated carbocycles. The number of ether oxygens (including phenoxy) is 1. The lowest BCUT2D eigenvalue weighted by atomic mass is 10.1. The Labute approximate surface area is 162 Å². The summed E-state index contributed by atoms with van der Waals surface area (Å²) in [6.45, 7) is 2.35. The summed E-state index contributed by atoms with van der Waals surface area (Å²) < 4.78 is 6.92. The highest BCUT2D eigenvalue weighted by Gasteiger charge is 2.17. The van der Waals surface area contributed by atoms with Gasteiger partial charge in [0, 0.05) is 29.7 Å². The molecule has 142 valence electrons. The third kappa shape index (κ3) is 3.34. The topological polar surface area (TPSA) is 84.8 Å². The third-order valence-corrected chi connectivity index (χ3v) is 4.76. The maximum absolute atomic E-state index is 12.5. The number of fused-ring (bicyclic) bond motifs is 1. The van der Waals surface area contributed by atoms with Gasteiger partial charge in [-0.1, -0.05) is 23.4 Å². The van der Waals surface area contributed by atoms with Crippen molar-refractivity contribution >= 4 is 16.8 Å². The van der Waals surface area contributed by atoms with E-state index in [0.717, 1.165) is 27.9 Å². The van der Waals surface area contributed by atoms with Crippen LogP contribution in [-0.4, -0.2) is 39.5 Å². The fraction of sp³-hybridized carbons (Fsp3) is 0.190. The highest BCUT2D eigenvalue weighted by atomic mass is 16.5. The summed E-state index contributed by atoms with van der Waals surface area (Å²) in [6, 6.07) is 15.6. The highest BCUT2D eigenvalue weighted by molar-refractivity contribution is 5.93. The predicted molar refractivity (Wildman–Crippen MR) is 107 cm³/mol. The Hall–Kier alpha value is -3.61. The van der Waals surface area contributed by atoms with Crippen LogP contribution in [0.1, 0.15) is 21.7 Å². The summed E-state index contributed by atoms with van der Waals surface area (Å²) in [7, 11) is 1.65. The monoisotopic (exact) mass is 375 g/mol. The lowest BCUT2D eigenvalue weighted by molar-refractivity contribution is 0.0948. The van der Waals surface area contributed by atoms with Crippen molar-refractivity contribution in [1.29, 1.82) is 0 Å². The van der Waals surface area contributed by atoms with Gasteiger partial charge >= 0.3 is 0 Å². The number of methoxy groups -OCH3 is 1. The molecule has 4 aromatic rings. The highest BCUT2D eigenvalue weighted by Crippen LogP contribution is 2.23. The zero-order valence-corrected chi connectivity index (χ0v) is 15.8. The fourth-order valence-corrected chi connectivity index (χ4v) is 3.25. The van der Waals surface area contributed by atoms with Crippen molar-refractivity contribution in [2.75, 3.05) is 13.7 Å². The predicted octanol–water partition coefficient (Wildman–Crippen LogP) is 3.04. The van der Waals surface area contributed by atoms with Crippen LogP contribution in [0.4, 0.5) is 0 Å². The minimum absolute atomic E-state index is 0.221. The molecule has 28 heavy (non-hydrogen) atoms. The van der Waals surface area contributed by atoms with Crippen LogP contribution in [0.15, 0.2) is 54.7 Å². The number of carbonyl (C=O) groups is 1. The fourth-order valence-electron chi connectivity index (χ4n) is 3.25. The number of amides is 1. The van der Waals surface area contributed by atoms with Gasteiger partial charge in [-0.2, -0.15) is 0 Å². The first-order valence-corrected chi connectivity index (χ1v) is 9.07.